The number of carboxylic acids is 1. The van der Waals surface area contributed by atoms with E-state index in [0.717, 1.165) is 34.4 Å². The Morgan fingerprint density at radius 3 is 2.54 bits per heavy atom. The molecule has 1 heterocycles. The predicted molar refractivity (Wildman–Crippen MR) is 159 cm³/mol. The number of nitrogens with zero attached hydrogens (tertiary/aromatic N) is 1. The number of carboxylic acid groups (broad SMARTS) is 1. The minimum atomic E-state index is -4.19. The van der Waals surface area contributed by atoms with Crippen molar-refractivity contribution >= 4 is 50.7 Å². The van der Waals surface area contributed by atoms with E-state index in [-0.39, 0.29) is 52.2 Å². The third kappa shape index (κ3) is 8.63. The van der Waals surface area contributed by atoms with Crippen LogP contribution in [0.3, 0.4) is 0 Å². The molecule has 2 aromatic carbocycles. The van der Waals surface area contributed by atoms with Gasteiger partial charge in [0.15, 0.2) is 11.7 Å². The highest BCUT2D eigenvalue weighted by molar-refractivity contribution is 7.92. The molecule has 7 N–H and O–H groups in total. The number of sulfonamides is 1. The minimum Gasteiger partial charge on any atom is -0.480 e. The molecule has 0 aliphatic carbocycles. The summed E-state index contributed by atoms with van der Waals surface area (Å²) in [6.07, 6.45) is 1.33. The number of hydrogen-bond acceptors (Lipinski definition) is 7. The van der Waals surface area contributed by atoms with Crippen molar-refractivity contribution in [2.75, 3.05) is 11.3 Å². The molecule has 0 fully saturated rings. The van der Waals surface area contributed by atoms with Crippen LogP contribution in [0.25, 0.3) is 0 Å². The second-order valence-corrected chi connectivity index (χ2v) is 11.9. The van der Waals surface area contributed by atoms with Gasteiger partial charge in [0.1, 0.15) is 10.9 Å². The van der Waals surface area contributed by atoms with Crippen molar-refractivity contribution in [2.45, 2.75) is 50.5 Å². The summed E-state index contributed by atoms with van der Waals surface area (Å²) in [5, 5.41) is 13.4. The van der Waals surface area contributed by atoms with Crippen LogP contribution in [0, 0.1) is 6.92 Å². The number of benzene rings is 2. The van der Waals surface area contributed by atoms with Crippen molar-refractivity contribution in [3.05, 3.63) is 81.0 Å². The lowest BCUT2D eigenvalue weighted by Crippen LogP contribution is -2.40. The molecule has 13 heteroatoms. The molecule has 0 spiro atoms. The molecule has 11 nitrogen and oxygen atoms in total. The fraction of sp³-hybridized carbons (Fsp3) is 0.286. The summed E-state index contributed by atoms with van der Waals surface area (Å²) in [7, 11) is -4.19. The zero-order valence-corrected chi connectivity index (χ0v) is 24.3. The first-order valence-corrected chi connectivity index (χ1v) is 15.2. The number of carbonyl (C=O) groups is 3. The van der Waals surface area contributed by atoms with Crippen LogP contribution < -0.4 is 21.5 Å². The second kappa shape index (κ2) is 13.9. The number of aliphatic carboxylic acids is 1. The SMILES string of the molecule is CCc1cc(CC(=O)c2cccc(S(=O)(=O)Nc3ccsc3C(=O)N[C@@H](CCCN=C(N)N)C(=O)O)c2)ccc1C. The molecule has 3 aromatic rings. The highest BCUT2D eigenvalue weighted by Crippen LogP contribution is 2.26. The number of amides is 1. The number of thiophene rings is 1. The Morgan fingerprint density at radius 1 is 1.10 bits per heavy atom. The third-order valence-corrected chi connectivity index (χ3v) is 8.57. The van der Waals surface area contributed by atoms with Crippen molar-refractivity contribution in [1.82, 2.24) is 5.32 Å². The van der Waals surface area contributed by atoms with Crippen LogP contribution in [-0.4, -0.2) is 49.7 Å². The zero-order valence-electron chi connectivity index (χ0n) is 22.7. The lowest BCUT2D eigenvalue weighted by molar-refractivity contribution is -0.139. The van der Waals surface area contributed by atoms with Gasteiger partial charge >= 0.3 is 5.97 Å². The molecule has 1 aromatic heterocycles. The molecule has 0 radical (unpaired) electrons. The van der Waals surface area contributed by atoms with Crippen LogP contribution in [0.5, 0.6) is 0 Å². The Labute approximate surface area is 242 Å². The summed E-state index contributed by atoms with van der Waals surface area (Å²) in [6.45, 7) is 4.24. The number of carbonyl (C=O) groups excluding carboxylic acids is 2. The first-order valence-electron chi connectivity index (χ1n) is 12.8. The van der Waals surface area contributed by atoms with Gasteiger partial charge in [0.25, 0.3) is 15.9 Å². The average Bonchev–Trinajstić information content (AvgIpc) is 3.38. The number of nitrogens with two attached hydrogens (primary N) is 2. The Morgan fingerprint density at radius 2 is 1.85 bits per heavy atom. The van der Waals surface area contributed by atoms with Crippen LogP contribution in [0.2, 0.25) is 0 Å². The molecule has 0 saturated carbocycles. The van der Waals surface area contributed by atoms with E-state index in [1.165, 1.54) is 29.6 Å². The number of hydrogen-bond donors (Lipinski definition) is 5. The maximum Gasteiger partial charge on any atom is 0.326 e. The van der Waals surface area contributed by atoms with Crippen molar-refractivity contribution in [3.8, 4) is 0 Å². The van der Waals surface area contributed by atoms with Gasteiger partial charge in [-0.25, -0.2) is 13.2 Å². The third-order valence-electron chi connectivity index (χ3n) is 6.29. The number of rotatable bonds is 14. The lowest BCUT2D eigenvalue weighted by Gasteiger charge is -2.15. The van der Waals surface area contributed by atoms with Crippen molar-refractivity contribution in [1.29, 1.82) is 0 Å². The van der Waals surface area contributed by atoms with Gasteiger partial charge in [-0.05, 0) is 66.5 Å². The molecular formula is C28H33N5O6S2. The minimum absolute atomic E-state index is 0.0117. The van der Waals surface area contributed by atoms with Gasteiger partial charge in [0.05, 0.1) is 10.6 Å². The van der Waals surface area contributed by atoms with Crippen LogP contribution in [0.15, 0.2) is 63.8 Å². The number of Topliss-reactive ketones (excluding diaryl/α,β-unsaturated/α-hetero) is 1. The van der Waals surface area contributed by atoms with Gasteiger partial charge in [-0.15, -0.1) is 11.3 Å². The van der Waals surface area contributed by atoms with Gasteiger partial charge in [-0.2, -0.15) is 0 Å². The van der Waals surface area contributed by atoms with Gasteiger partial charge in [-0.1, -0.05) is 37.3 Å². The van der Waals surface area contributed by atoms with E-state index in [1.807, 2.05) is 32.0 Å². The molecule has 0 aliphatic heterocycles. The summed E-state index contributed by atoms with van der Waals surface area (Å²) < 4.78 is 28.8. The van der Waals surface area contributed by atoms with E-state index in [2.05, 4.69) is 15.0 Å². The standard InChI is InChI=1S/C28H33N5O6S2/c1-3-19-14-18(10-9-17(19)2)15-24(34)20-6-4-7-21(16-20)41(38,39)33-22-11-13-40-25(22)26(35)32-23(27(36)37)8-5-12-31-28(29)30/h4,6-7,9-11,13-14,16,23,33H,3,5,8,12,15H2,1-2H3,(H,32,35)(H,36,37)(H4,29,30,31)/t23-/m0/s1. The number of guanidine groups is 1. The summed E-state index contributed by atoms with van der Waals surface area (Å²) in [5.41, 5.74) is 13.9. The van der Waals surface area contributed by atoms with E-state index < -0.39 is 27.9 Å². The smallest absolute Gasteiger partial charge is 0.326 e. The number of aryl methyl sites for hydroxylation is 2. The second-order valence-electron chi connectivity index (χ2n) is 9.32. The normalized spacial score (nSPS) is 11.9. The van der Waals surface area contributed by atoms with Crippen LogP contribution in [0.4, 0.5) is 5.69 Å². The van der Waals surface area contributed by atoms with Gasteiger partial charge < -0.3 is 21.9 Å². The van der Waals surface area contributed by atoms with E-state index in [0.29, 0.717) is 6.42 Å². The van der Waals surface area contributed by atoms with Crippen molar-refractivity contribution in [2.24, 2.45) is 16.5 Å². The quantitative estimate of drug-likeness (QED) is 0.0807. The molecule has 0 bridgehead atoms. The highest BCUT2D eigenvalue weighted by atomic mass is 32.2. The van der Waals surface area contributed by atoms with Gasteiger partial charge in [0, 0.05) is 18.5 Å². The Hall–Kier alpha value is -4.23. The zero-order chi connectivity index (χ0) is 30.2. The fourth-order valence-electron chi connectivity index (χ4n) is 4.09. The highest BCUT2D eigenvalue weighted by Gasteiger charge is 2.25. The molecular weight excluding hydrogens is 566 g/mol. The van der Waals surface area contributed by atoms with E-state index >= 15 is 0 Å². The summed E-state index contributed by atoms with van der Waals surface area (Å²) in [5.74, 6) is -2.36. The maximum atomic E-state index is 13.2. The number of anilines is 1. The predicted octanol–water partition coefficient (Wildman–Crippen LogP) is 3.08. The van der Waals surface area contributed by atoms with Crippen LogP contribution >= 0.6 is 11.3 Å². The van der Waals surface area contributed by atoms with Crippen molar-refractivity contribution in [3.63, 3.8) is 0 Å². The molecule has 1 amide bonds. The number of aliphatic imine (C=N–C) groups is 1. The molecule has 218 valence electrons. The largest absolute Gasteiger partial charge is 0.480 e. The molecule has 3 rings (SSSR count). The summed E-state index contributed by atoms with van der Waals surface area (Å²) in [4.78, 5) is 41.1. The number of nitrogens with one attached hydrogen (secondary N) is 2. The Bertz CT molecular complexity index is 1560. The first-order chi connectivity index (χ1) is 19.4. The van der Waals surface area contributed by atoms with Gasteiger partial charge in [-0.3, -0.25) is 19.3 Å². The van der Waals surface area contributed by atoms with E-state index in [1.54, 1.807) is 6.07 Å². The molecule has 0 aliphatic rings. The van der Waals surface area contributed by atoms with Crippen molar-refractivity contribution < 1.29 is 27.9 Å². The fourth-order valence-corrected chi connectivity index (χ4v) is 6.03. The first kappa shape index (κ1) is 31.3. The van der Waals surface area contributed by atoms with Crippen LogP contribution in [0.1, 0.15) is 56.5 Å². The number of ketones is 1. The topological polar surface area (TPSA) is 194 Å². The Balaban J connectivity index is 1.73. The molecule has 0 unspecified atom stereocenters. The summed E-state index contributed by atoms with van der Waals surface area (Å²) >= 11 is 0.952. The molecule has 1 atom stereocenters. The maximum absolute atomic E-state index is 13.2. The molecule has 41 heavy (non-hydrogen) atoms. The van der Waals surface area contributed by atoms with E-state index in [4.69, 9.17) is 11.5 Å². The Kier molecular flexibility index (Phi) is 10.6. The monoisotopic (exact) mass is 599 g/mol. The molecule has 0 saturated heterocycles. The van der Waals surface area contributed by atoms with Crippen LogP contribution in [-0.2, 0) is 27.7 Å². The summed E-state index contributed by atoms with van der Waals surface area (Å²) in [6, 6.07) is 11.7. The lowest BCUT2D eigenvalue weighted by atomic mass is 9.98. The van der Waals surface area contributed by atoms with Gasteiger partial charge in [0.2, 0.25) is 0 Å². The van der Waals surface area contributed by atoms with E-state index in [9.17, 15) is 27.9 Å². The average molecular weight is 600 g/mol.